The third kappa shape index (κ3) is 3.10. The number of halogens is 1. The summed E-state index contributed by atoms with van der Waals surface area (Å²) in [6, 6.07) is 13.1. The zero-order valence-corrected chi connectivity index (χ0v) is 10.6. The molecule has 0 aliphatic heterocycles. The summed E-state index contributed by atoms with van der Waals surface area (Å²) in [5, 5.41) is 3.04. The lowest BCUT2D eigenvalue weighted by Gasteiger charge is -2.17. The Morgan fingerprint density at radius 3 is 2.47 bits per heavy atom. The van der Waals surface area contributed by atoms with Gasteiger partial charge in [-0.1, -0.05) is 30.3 Å². The predicted octanol–water partition coefficient (Wildman–Crippen LogP) is 2.77. The van der Waals surface area contributed by atoms with Crippen LogP contribution in [-0.4, -0.2) is 5.91 Å². The molecular formula is C15H15FN2O. The van der Waals surface area contributed by atoms with Crippen molar-refractivity contribution in [1.29, 1.82) is 0 Å². The zero-order valence-electron chi connectivity index (χ0n) is 10.6. The number of amides is 1. The van der Waals surface area contributed by atoms with Crippen molar-refractivity contribution in [3.8, 4) is 0 Å². The number of carbonyl (C=O) groups excluding carboxylic acids is 1. The Balaban J connectivity index is 2.30. The third-order valence-corrected chi connectivity index (χ3v) is 2.88. The summed E-state index contributed by atoms with van der Waals surface area (Å²) < 4.78 is 13.3. The summed E-state index contributed by atoms with van der Waals surface area (Å²) in [5.41, 5.74) is 7.33. The molecule has 4 heteroatoms. The SMILES string of the molecule is Cc1cc(C(Nc2ccccc2)C(N)=O)ccc1F. The van der Waals surface area contributed by atoms with Gasteiger partial charge in [0.25, 0.3) is 0 Å². The van der Waals surface area contributed by atoms with E-state index >= 15 is 0 Å². The number of nitrogens with one attached hydrogen (secondary N) is 1. The number of carbonyl (C=O) groups is 1. The lowest BCUT2D eigenvalue weighted by Crippen LogP contribution is -2.27. The van der Waals surface area contributed by atoms with Gasteiger partial charge in [-0.3, -0.25) is 4.79 Å². The van der Waals surface area contributed by atoms with Crippen LogP contribution in [0.4, 0.5) is 10.1 Å². The van der Waals surface area contributed by atoms with Crippen LogP contribution in [0.2, 0.25) is 0 Å². The van der Waals surface area contributed by atoms with E-state index in [9.17, 15) is 9.18 Å². The van der Waals surface area contributed by atoms with Crippen molar-refractivity contribution in [3.05, 3.63) is 65.5 Å². The summed E-state index contributed by atoms with van der Waals surface area (Å²) in [6.45, 7) is 1.65. The van der Waals surface area contributed by atoms with E-state index in [1.807, 2.05) is 30.3 Å². The van der Waals surface area contributed by atoms with Crippen molar-refractivity contribution in [1.82, 2.24) is 0 Å². The number of nitrogens with two attached hydrogens (primary N) is 1. The fraction of sp³-hybridized carbons (Fsp3) is 0.133. The molecule has 0 heterocycles. The number of primary amides is 1. The average molecular weight is 258 g/mol. The van der Waals surface area contributed by atoms with Crippen LogP contribution in [0.15, 0.2) is 48.5 Å². The van der Waals surface area contributed by atoms with Gasteiger partial charge in [-0.05, 0) is 36.2 Å². The summed E-state index contributed by atoms with van der Waals surface area (Å²) in [5.74, 6) is -0.804. The van der Waals surface area contributed by atoms with E-state index < -0.39 is 11.9 Å². The van der Waals surface area contributed by atoms with Gasteiger partial charge in [-0.25, -0.2) is 4.39 Å². The molecule has 0 aliphatic rings. The number of anilines is 1. The first-order valence-corrected chi connectivity index (χ1v) is 5.95. The number of hydrogen-bond donors (Lipinski definition) is 2. The molecule has 2 rings (SSSR count). The normalized spacial score (nSPS) is 11.9. The highest BCUT2D eigenvalue weighted by molar-refractivity contribution is 5.84. The Labute approximate surface area is 111 Å². The molecule has 0 fully saturated rings. The van der Waals surface area contributed by atoms with Gasteiger partial charge >= 0.3 is 0 Å². The third-order valence-electron chi connectivity index (χ3n) is 2.88. The molecule has 19 heavy (non-hydrogen) atoms. The lowest BCUT2D eigenvalue weighted by molar-refractivity contribution is -0.118. The number of rotatable bonds is 4. The Kier molecular flexibility index (Phi) is 3.80. The Morgan fingerprint density at radius 1 is 1.21 bits per heavy atom. The van der Waals surface area contributed by atoms with Crippen LogP contribution in [0.5, 0.6) is 0 Å². The molecule has 1 unspecified atom stereocenters. The van der Waals surface area contributed by atoms with Crippen LogP contribution >= 0.6 is 0 Å². The van der Waals surface area contributed by atoms with Crippen molar-refractivity contribution in [2.24, 2.45) is 5.73 Å². The van der Waals surface area contributed by atoms with E-state index in [4.69, 9.17) is 5.73 Å². The first-order valence-electron chi connectivity index (χ1n) is 5.95. The Morgan fingerprint density at radius 2 is 1.89 bits per heavy atom. The molecule has 2 aromatic carbocycles. The second kappa shape index (κ2) is 5.52. The minimum absolute atomic E-state index is 0.299. The van der Waals surface area contributed by atoms with Gasteiger partial charge in [0, 0.05) is 5.69 Å². The molecule has 98 valence electrons. The van der Waals surface area contributed by atoms with Crippen LogP contribution in [0.3, 0.4) is 0 Å². The quantitative estimate of drug-likeness (QED) is 0.886. The highest BCUT2D eigenvalue weighted by atomic mass is 19.1. The van der Waals surface area contributed by atoms with E-state index in [1.165, 1.54) is 6.07 Å². The molecule has 0 saturated carbocycles. The van der Waals surface area contributed by atoms with Crippen LogP contribution in [0.25, 0.3) is 0 Å². The molecule has 1 atom stereocenters. The van der Waals surface area contributed by atoms with E-state index in [0.717, 1.165) is 5.69 Å². The molecule has 0 saturated heterocycles. The van der Waals surface area contributed by atoms with Gasteiger partial charge in [0.2, 0.25) is 5.91 Å². The van der Waals surface area contributed by atoms with E-state index in [-0.39, 0.29) is 5.82 Å². The molecule has 3 nitrogen and oxygen atoms in total. The molecule has 0 spiro atoms. The number of hydrogen-bond acceptors (Lipinski definition) is 2. The van der Waals surface area contributed by atoms with Crippen LogP contribution in [0, 0.1) is 12.7 Å². The van der Waals surface area contributed by atoms with E-state index in [0.29, 0.717) is 11.1 Å². The zero-order chi connectivity index (χ0) is 13.8. The molecule has 0 radical (unpaired) electrons. The molecule has 0 bridgehead atoms. The smallest absolute Gasteiger partial charge is 0.244 e. The van der Waals surface area contributed by atoms with Crippen molar-refractivity contribution >= 4 is 11.6 Å². The lowest BCUT2D eigenvalue weighted by atomic mass is 10.0. The minimum atomic E-state index is -0.679. The maximum atomic E-state index is 13.3. The van der Waals surface area contributed by atoms with Gasteiger partial charge in [0.15, 0.2) is 0 Å². The number of aryl methyl sites for hydroxylation is 1. The second-order valence-corrected chi connectivity index (χ2v) is 4.35. The number of para-hydroxylation sites is 1. The highest BCUT2D eigenvalue weighted by Crippen LogP contribution is 2.21. The fourth-order valence-corrected chi connectivity index (χ4v) is 1.87. The summed E-state index contributed by atoms with van der Waals surface area (Å²) in [7, 11) is 0. The van der Waals surface area contributed by atoms with Gasteiger partial charge in [-0.15, -0.1) is 0 Å². The molecule has 1 amide bonds. The molecule has 0 aliphatic carbocycles. The van der Waals surface area contributed by atoms with Gasteiger partial charge in [-0.2, -0.15) is 0 Å². The van der Waals surface area contributed by atoms with Crippen molar-refractivity contribution < 1.29 is 9.18 Å². The first-order chi connectivity index (χ1) is 9.08. The van der Waals surface area contributed by atoms with Crippen molar-refractivity contribution in [2.75, 3.05) is 5.32 Å². The maximum absolute atomic E-state index is 13.3. The molecular weight excluding hydrogens is 243 g/mol. The first kappa shape index (κ1) is 13.1. The monoisotopic (exact) mass is 258 g/mol. The van der Waals surface area contributed by atoms with Gasteiger partial charge in [0.05, 0.1) is 0 Å². The molecule has 0 aromatic heterocycles. The maximum Gasteiger partial charge on any atom is 0.244 e. The van der Waals surface area contributed by atoms with Crippen LogP contribution in [-0.2, 0) is 4.79 Å². The summed E-state index contributed by atoms with van der Waals surface area (Å²) in [4.78, 5) is 11.6. The van der Waals surface area contributed by atoms with E-state index in [2.05, 4.69) is 5.32 Å². The Bertz CT molecular complexity index is 584. The van der Waals surface area contributed by atoms with Crippen molar-refractivity contribution in [3.63, 3.8) is 0 Å². The standard InChI is InChI=1S/C15H15FN2O/c1-10-9-11(7-8-13(10)16)14(15(17)19)18-12-5-3-2-4-6-12/h2-9,14,18H,1H3,(H2,17,19). The average Bonchev–Trinajstić information content (AvgIpc) is 2.40. The van der Waals surface area contributed by atoms with E-state index in [1.54, 1.807) is 19.1 Å². The minimum Gasteiger partial charge on any atom is -0.370 e. The van der Waals surface area contributed by atoms with Gasteiger partial charge < -0.3 is 11.1 Å². The fourth-order valence-electron chi connectivity index (χ4n) is 1.87. The number of benzene rings is 2. The topological polar surface area (TPSA) is 55.1 Å². The second-order valence-electron chi connectivity index (χ2n) is 4.35. The van der Waals surface area contributed by atoms with Crippen LogP contribution in [0.1, 0.15) is 17.2 Å². The largest absolute Gasteiger partial charge is 0.370 e. The summed E-state index contributed by atoms with van der Waals surface area (Å²) >= 11 is 0. The summed E-state index contributed by atoms with van der Waals surface area (Å²) in [6.07, 6.45) is 0. The predicted molar refractivity (Wildman–Crippen MR) is 73.1 cm³/mol. The highest BCUT2D eigenvalue weighted by Gasteiger charge is 2.18. The Hall–Kier alpha value is -2.36. The molecule has 2 aromatic rings. The molecule has 3 N–H and O–H groups in total. The van der Waals surface area contributed by atoms with Crippen LogP contribution < -0.4 is 11.1 Å². The van der Waals surface area contributed by atoms with Gasteiger partial charge in [0.1, 0.15) is 11.9 Å². The van der Waals surface area contributed by atoms with Crippen molar-refractivity contribution in [2.45, 2.75) is 13.0 Å².